The van der Waals surface area contributed by atoms with E-state index < -0.39 is 11.7 Å². The lowest BCUT2D eigenvalue weighted by molar-refractivity contribution is 0.0543. The molecule has 0 saturated heterocycles. The Hall–Kier alpha value is -2.63. The van der Waals surface area contributed by atoms with Crippen LogP contribution in [0.2, 0.25) is 0 Å². The van der Waals surface area contributed by atoms with E-state index in [1.165, 1.54) is 4.57 Å². The zero-order chi connectivity index (χ0) is 19.1. The molecule has 0 spiro atoms. The molecule has 0 fully saturated rings. The Bertz CT molecular complexity index is 900. The first kappa shape index (κ1) is 18.2. The molecular formula is C20H26N4O2. The second-order valence-corrected chi connectivity index (χ2v) is 7.88. The van der Waals surface area contributed by atoms with E-state index in [9.17, 15) is 4.79 Å². The van der Waals surface area contributed by atoms with Crippen molar-refractivity contribution in [3.63, 3.8) is 0 Å². The van der Waals surface area contributed by atoms with E-state index in [1.54, 1.807) is 12.4 Å². The lowest BCUT2D eigenvalue weighted by Crippen LogP contribution is -2.28. The molecule has 0 aliphatic carbocycles. The number of allylic oxidation sites excluding steroid dienone is 1. The molecule has 1 aliphatic heterocycles. The van der Waals surface area contributed by atoms with Crippen molar-refractivity contribution in [2.45, 2.75) is 53.2 Å². The van der Waals surface area contributed by atoms with Gasteiger partial charge in [0.2, 0.25) is 0 Å². The summed E-state index contributed by atoms with van der Waals surface area (Å²) < 4.78 is 6.95. The van der Waals surface area contributed by atoms with E-state index in [4.69, 9.17) is 4.74 Å². The molecule has 26 heavy (non-hydrogen) atoms. The van der Waals surface area contributed by atoms with Gasteiger partial charge in [0, 0.05) is 35.0 Å². The molecule has 3 rings (SSSR count). The summed E-state index contributed by atoms with van der Waals surface area (Å²) in [6.07, 6.45) is 7.16. The monoisotopic (exact) mass is 354 g/mol. The van der Waals surface area contributed by atoms with Crippen LogP contribution in [-0.4, -0.2) is 45.1 Å². The first-order valence-corrected chi connectivity index (χ1v) is 8.88. The largest absolute Gasteiger partial charge is 0.443 e. The number of hydrogen-bond acceptors (Lipinski definition) is 5. The number of aryl methyl sites for hydroxylation is 1. The molecule has 6 heteroatoms. The van der Waals surface area contributed by atoms with Gasteiger partial charge in [-0.3, -0.25) is 5.01 Å². The average Bonchev–Trinajstić information content (AvgIpc) is 2.90. The summed E-state index contributed by atoms with van der Waals surface area (Å²) in [4.78, 5) is 17.0. The number of aromatic nitrogens is 2. The molecule has 0 atom stereocenters. The van der Waals surface area contributed by atoms with Crippen LogP contribution in [0.3, 0.4) is 0 Å². The smallest absolute Gasteiger partial charge is 0.420 e. The highest BCUT2D eigenvalue weighted by Gasteiger charge is 2.21. The summed E-state index contributed by atoms with van der Waals surface area (Å²) in [5.41, 5.74) is 3.08. The quantitative estimate of drug-likeness (QED) is 0.810. The van der Waals surface area contributed by atoms with Crippen LogP contribution in [0.5, 0.6) is 0 Å². The van der Waals surface area contributed by atoms with Crippen LogP contribution in [0.1, 0.15) is 45.7 Å². The van der Waals surface area contributed by atoms with Crippen molar-refractivity contribution in [3.05, 3.63) is 35.7 Å². The Labute approximate surface area is 154 Å². The Balaban J connectivity index is 1.93. The number of carbonyl (C=O) groups excluding carboxylic acids is 1. The molecule has 0 aromatic carbocycles. The van der Waals surface area contributed by atoms with Gasteiger partial charge in [-0.2, -0.15) is 5.10 Å². The fourth-order valence-corrected chi connectivity index (χ4v) is 2.84. The normalized spacial score (nSPS) is 14.9. The zero-order valence-corrected chi connectivity index (χ0v) is 16.3. The standard InChI is InChI=1S/C20H26N4O2/c1-13(2)24-8-7-15(11-22-24)16-9-17-14(3)12-23(18(17)21-10-16)19(25)26-20(4,5)6/h7,9-13H,8H2,1-6H3. The third-order valence-electron chi connectivity index (χ3n) is 4.21. The zero-order valence-electron chi connectivity index (χ0n) is 16.3. The third kappa shape index (κ3) is 3.64. The van der Waals surface area contributed by atoms with Gasteiger partial charge in [-0.25, -0.2) is 14.3 Å². The molecule has 0 radical (unpaired) electrons. The highest BCUT2D eigenvalue weighted by Crippen LogP contribution is 2.25. The number of pyridine rings is 1. The van der Waals surface area contributed by atoms with E-state index in [0.717, 1.165) is 28.6 Å². The van der Waals surface area contributed by atoms with Gasteiger partial charge in [-0.05, 0) is 53.2 Å². The average molecular weight is 354 g/mol. The van der Waals surface area contributed by atoms with Crippen molar-refractivity contribution in [1.29, 1.82) is 0 Å². The summed E-state index contributed by atoms with van der Waals surface area (Å²) in [6.45, 7) is 12.5. The summed E-state index contributed by atoms with van der Waals surface area (Å²) >= 11 is 0. The van der Waals surface area contributed by atoms with Crippen molar-refractivity contribution in [2.24, 2.45) is 5.10 Å². The summed E-state index contributed by atoms with van der Waals surface area (Å²) in [5.74, 6) is 0. The molecular weight excluding hydrogens is 328 g/mol. The van der Waals surface area contributed by atoms with Gasteiger partial charge in [-0.1, -0.05) is 6.08 Å². The number of ether oxygens (including phenoxy) is 1. The Morgan fingerprint density at radius 3 is 2.62 bits per heavy atom. The van der Waals surface area contributed by atoms with E-state index in [2.05, 4.69) is 36.1 Å². The molecule has 6 nitrogen and oxygen atoms in total. The number of nitrogens with zero attached hydrogens (tertiary/aromatic N) is 4. The Kier molecular flexibility index (Phi) is 4.61. The number of fused-ring (bicyclic) bond motifs is 1. The SMILES string of the molecule is Cc1cn(C(=O)OC(C)(C)C)c2ncc(C3=CCN(C(C)C)N=C3)cc12. The molecule has 3 heterocycles. The first-order valence-electron chi connectivity index (χ1n) is 8.88. The van der Waals surface area contributed by atoms with Crippen LogP contribution in [0, 0.1) is 6.92 Å². The van der Waals surface area contributed by atoms with Crippen LogP contribution in [0.4, 0.5) is 4.79 Å². The molecule has 0 saturated carbocycles. The number of rotatable bonds is 2. The molecule has 0 unspecified atom stereocenters. The molecule has 1 aliphatic rings. The third-order valence-corrected chi connectivity index (χ3v) is 4.21. The molecule has 0 bridgehead atoms. The molecule has 0 amide bonds. The van der Waals surface area contributed by atoms with E-state index in [0.29, 0.717) is 11.7 Å². The van der Waals surface area contributed by atoms with Gasteiger partial charge in [0.05, 0.1) is 12.8 Å². The highest BCUT2D eigenvalue weighted by molar-refractivity contribution is 6.11. The van der Waals surface area contributed by atoms with E-state index >= 15 is 0 Å². The van der Waals surface area contributed by atoms with E-state index in [-0.39, 0.29) is 0 Å². The van der Waals surface area contributed by atoms with Gasteiger partial charge < -0.3 is 4.74 Å². The number of hydrogen-bond donors (Lipinski definition) is 0. The lowest BCUT2D eigenvalue weighted by atomic mass is 10.1. The maximum Gasteiger partial charge on any atom is 0.420 e. The van der Waals surface area contributed by atoms with Crippen molar-refractivity contribution in [1.82, 2.24) is 14.6 Å². The van der Waals surface area contributed by atoms with Crippen molar-refractivity contribution < 1.29 is 9.53 Å². The molecule has 2 aromatic rings. The maximum absolute atomic E-state index is 12.4. The van der Waals surface area contributed by atoms with Crippen molar-refractivity contribution in [3.8, 4) is 0 Å². The first-order chi connectivity index (χ1) is 12.2. The minimum absolute atomic E-state index is 0.370. The van der Waals surface area contributed by atoms with Gasteiger partial charge in [0.1, 0.15) is 11.2 Å². The number of carbonyl (C=O) groups is 1. The topological polar surface area (TPSA) is 59.7 Å². The minimum Gasteiger partial charge on any atom is -0.443 e. The fraction of sp³-hybridized carbons (Fsp3) is 0.450. The van der Waals surface area contributed by atoms with Crippen molar-refractivity contribution >= 4 is 28.9 Å². The second kappa shape index (κ2) is 6.59. The lowest BCUT2D eigenvalue weighted by Gasteiger charge is -2.25. The summed E-state index contributed by atoms with van der Waals surface area (Å²) in [6, 6.07) is 2.43. The van der Waals surface area contributed by atoms with Crippen molar-refractivity contribution in [2.75, 3.05) is 6.54 Å². The van der Waals surface area contributed by atoms with Crippen LogP contribution in [0.25, 0.3) is 16.6 Å². The molecule has 138 valence electrons. The molecule has 2 aromatic heterocycles. The highest BCUT2D eigenvalue weighted by atomic mass is 16.6. The summed E-state index contributed by atoms with van der Waals surface area (Å²) in [5, 5.41) is 7.46. The van der Waals surface area contributed by atoms with Crippen LogP contribution >= 0.6 is 0 Å². The van der Waals surface area contributed by atoms with Crippen LogP contribution in [0.15, 0.2) is 29.6 Å². The van der Waals surface area contributed by atoms with Gasteiger partial charge in [0.25, 0.3) is 0 Å². The predicted molar refractivity (Wildman–Crippen MR) is 104 cm³/mol. The Morgan fingerprint density at radius 1 is 1.31 bits per heavy atom. The molecule has 0 N–H and O–H groups in total. The minimum atomic E-state index is -0.548. The van der Waals surface area contributed by atoms with Crippen LogP contribution in [-0.2, 0) is 4.74 Å². The second-order valence-electron chi connectivity index (χ2n) is 7.88. The maximum atomic E-state index is 12.4. The number of hydrazone groups is 1. The van der Waals surface area contributed by atoms with Crippen LogP contribution < -0.4 is 0 Å². The van der Waals surface area contributed by atoms with Gasteiger partial charge in [-0.15, -0.1) is 0 Å². The fourth-order valence-electron chi connectivity index (χ4n) is 2.84. The summed E-state index contributed by atoms with van der Waals surface area (Å²) in [7, 11) is 0. The van der Waals surface area contributed by atoms with E-state index in [1.807, 2.05) is 38.9 Å². The van der Waals surface area contributed by atoms with Gasteiger partial charge in [0.15, 0.2) is 0 Å². The Morgan fingerprint density at radius 2 is 2.04 bits per heavy atom. The van der Waals surface area contributed by atoms with Gasteiger partial charge >= 0.3 is 6.09 Å². The predicted octanol–water partition coefficient (Wildman–Crippen LogP) is 4.22.